The van der Waals surface area contributed by atoms with Gasteiger partial charge in [0.05, 0.1) is 32.6 Å². The Hall–Kier alpha value is -3.85. The second kappa shape index (κ2) is 11.1. The first-order valence-corrected chi connectivity index (χ1v) is 10.8. The molecule has 0 radical (unpaired) electrons. The summed E-state index contributed by atoms with van der Waals surface area (Å²) in [7, 11) is 0. The molecule has 1 aromatic carbocycles. The quantitative estimate of drug-likeness (QED) is 0.500. The van der Waals surface area contributed by atoms with Crippen molar-refractivity contribution in [1.82, 2.24) is 15.0 Å². The van der Waals surface area contributed by atoms with Gasteiger partial charge in [0, 0.05) is 43.0 Å². The zero-order valence-electron chi connectivity index (χ0n) is 18.3. The fourth-order valence-corrected chi connectivity index (χ4v) is 3.38. The van der Waals surface area contributed by atoms with Gasteiger partial charge in [-0.15, -0.1) is 0 Å². The molecule has 1 fully saturated rings. The zero-order valence-corrected chi connectivity index (χ0v) is 18.3. The van der Waals surface area contributed by atoms with Gasteiger partial charge in [-0.1, -0.05) is 18.2 Å². The summed E-state index contributed by atoms with van der Waals surface area (Å²) in [5.74, 6) is 1.26. The third-order valence-electron chi connectivity index (χ3n) is 5.07. The predicted molar refractivity (Wildman–Crippen MR) is 125 cm³/mol. The number of amides is 1. The molecular weight excluding hydrogens is 420 g/mol. The largest absolute Gasteiger partial charge is 0.477 e. The van der Waals surface area contributed by atoms with Crippen LogP contribution in [0.3, 0.4) is 0 Å². The number of primary amides is 1. The van der Waals surface area contributed by atoms with Gasteiger partial charge in [0.15, 0.2) is 5.82 Å². The Bertz CT molecular complexity index is 1100. The lowest BCUT2D eigenvalue weighted by Crippen LogP contribution is -2.37. The molecule has 0 bridgehead atoms. The molecule has 0 unspecified atom stereocenters. The van der Waals surface area contributed by atoms with Gasteiger partial charge >= 0.3 is 0 Å². The normalized spacial score (nSPS) is 13.9. The molecule has 2 aromatic heterocycles. The van der Waals surface area contributed by atoms with Gasteiger partial charge in [0.2, 0.25) is 11.8 Å². The number of aliphatic imine (C=N–C) groups is 1. The van der Waals surface area contributed by atoms with Crippen molar-refractivity contribution in [2.45, 2.75) is 13.0 Å². The fraction of sp³-hybridized carbons (Fsp3) is 0.292. The number of benzene rings is 1. The summed E-state index contributed by atoms with van der Waals surface area (Å²) in [4.78, 5) is 31.4. The van der Waals surface area contributed by atoms with Gasteiger partial charge in [-0.25, -0.2) is 4.98 Å². The third-order valence-corrected chi connectivity index (χ3v) is 5.07. The van der Waals surface area contributed by atoms with Crippen molar-refractivity contribution < 1.29 is 14.3 Å². The average molecular weight is 447 g/mol. The second-order valence-electron chi connectivity index (χ2n) is 7.48. The van der Waals surface area contributed by atoms with Crippen molar-refractivity contribution in [1.29, 1.82) is 0 Å². The minimum Gasteiger partial charge on any atom is -0.477 e. The number of hydrogen-bond donors (Lipinski definition) is 1. The van der Waals surface area contributed by atoms with Gasteiger partial charge in [-0.3, -0.25) is 14.8 Å². The maximum absolute atomic E-state index is 11.4. The molecule has 1 amide bonds. The van der Waals surface area contributed by atoms with E-state index in [0.717, 1.165) is 30.2 Å². The molecule has 1 aliphatic heterocycles. The van der Waals surface area contributed by atoms with E-state index in [9.17, 15) is 4.79 Å². The molecule has 9 nitrogen and oxygen atoms in total. The maximum Gasteiger partial charge on any atom is 0.248 e. The lowest BCUT2D eigenvalue weighted by Gasteiger charge is -2.28. The number of nitrogens with zero attached hydrogens (tertiary/aromatic N) is 5. The summed E-state index contributed by atoms with van der Waals surface area (Å²) in [5, 5.41) is 0. The standard InChI is InChI=1S/C24H26N6O3/c25-24(31)19-5-3-4-18(14-19)16-26-17-21-28-22(30-9-12-32-13-10-30)15-23(29-21)33-11-7-20-6-1-2-8-27-20/h1-6,8,14-15,17H,7,9-13,16H2,(H2,25,31). The number of nitrogens with two attached hydrogens (primary N) is 1. The van der Waals surface area contributed by atoms with Crippen LogP contribution in [-0.4, -0.2) is 60.0 Å². The molecule has 0 spiro atoms. The minimum absolute atomic E-state index is 0.377. The van der Waals surface area contributed by atoms with Crippen LogP contribution < -0.4 is 15.4 Å². The Morgan fingerprint density at radius 3 is 2.82 bits per heavy atom. The summed E-state index contributed by atoms with van der Waals surface area (Å²) >= 11 is 0. The van der Waals surface area contributed by atoms with Gasteiger partial charge in [0.1, 0.15) is 5.82 Å². The van der Waals surface area contributed by atoms with Gasteiger partial charge in [0.25, 0.3) is 0 Å². The SMILES string of the molecule is NC(=O)c1cccc(CN=Cc2nc(OCCc3ccccn3)cc(N3CCOCC3)n2)c1. The molecule has 0 atom stereocenters. The van der Waals surface area contributed by atoms with Gasteiger partial charge in [-0.2, -0.15) is 4.98 Å². The van der Waals surface area contributed by atoms with Crippen molar-refractivity contribution in [3.05, 3.63) is 77.4 Å². The summed E-state index contributed by atoms with van der Waals surface area (Å²) in [6.07, 6.45) is 4.06. The van der Waals surface area contributed by atoms with Crippen LogP contribution in [0.1, 0.15) is 27.4 Å². The number of hydrogen-bond acceptors (Lipinski definition) is 8. The first-order chi connectivity index (χ1) is 16.2. The van der Waals surface area contributed by atoms with Crippen LogP contribution in [0.5, 0.6) is 5.88 Å². The molecule has 0 saturated carbocycles. The number of rotatable bonds is 9. The number of carbonyl (C=O) groups excluding carboxylic acids is 1. The van der Waals surface area contributed by atoms with E-state index >= 15 is 0 Å². The van der Waals surface area contributed by atoms with Crippen molar-refractivity contribution >= 4 is 17.9 Å². The topological polar surface area (TPSA) is 116 Å². The van der Waals surface area contributed by atoms with Crippen LogP contribution in [0.15, 0.2) is 59.7 Å². The molecule has 3 aromatic rings. The second-order valence-corrected chi connectivity index (χ2v) is 7.48. The Kier molecular flexibility index (Phi) is 7.55. The molecule has 33 heavy (non-hydrogen) atoms. The van der Waals surface area contributed by atoms with Crippen LogP contribution >= 0.6 is 0 Å². The third kappa shape index (κ3) is 6.56. The van der Waals surface area contributed by atoms with Crippen LogP contribution in [-0.2, 0) is 17.7 Å². The summed E-state index contributed by atoms with van der Waals surface area (Å²) < 4.78 is 11.4. The summed E-state index contributed by atoms with van der Waals surface area (Å²) in [5.41, 5.74) is 7.64. The molecule has 9 heteroatoms. The average Bonchev–Trinajstić information content (AvgIpc) is 2.85. The maximum atomic E-state index is 11.4. The molecule has 2 N–H and O–H groups in total. The monoisotopic (exact) mass is 446 g/mol. The highest BCUT2D eigenvalue weighted by Crippen LogP contribution is 2.19. The number of aromatic nitrogens is 3. The number of carbonyl (C=O) groups is 1. The van der Waals surface area contributed by atoms with Gasteiger partial charge < -0.3 is 20.1 Å². The molecule has 4 rings (SSSR count). The van der Waals surface area contributed by atoms with Crippen molar-refractivity contribution in [3.8, 4) is 5.88 Å². The number of ether oxygens (including phenoxy) is 2. The Balaban J connectivity index is 1.47. The van der Waals surface area contributed by atoms with E-state index in [1.807, 2.05) is 30.3 Å². The number of morpholine rings is 1. The van der Waals surface area contributed by atoms with Crippen LogP contribution in [0.4, 0.5) is 5.82 Å². The molecule has 1 aliphatic rings. The Morgan fingerprint density at radius 1 is 1.15 bits per heavy atom. The fourth-order valence-electron chi connectivity index (χ4n) is 3.38. The van der Waals surface area contributed by atoms with E-state index in [0.29, 0.717) is 50.1 Å². The van der Waals surface area contributed by atoms with Crippen LogP contribution in [0, 0.1) is 0 Å². The smallest absolute Gasteiger partial charge is 0.248 e. The minimum atomic E-state index is -0.463. The lowest BCUT2D eigenvalue weighted by molar-refractivity contribution is 0.1000. The molecule has 1 saturated heterocycles. The Labute approximate surface area is 192 Å². The van der Waals surface area contributed by atoms with E-state index in [1.54, 1.807) is 30.6 Å². The number of anilines is 1. The highest BCUT2D eigenvalue weighted by molar-refractivity contribution is 5.92. The van der Waals surface area contributed by atoms with E-state index in [-0.39, 0.29) is 0 Å². The zero-order chi connectivity index (χ0) is 22.9. The highest BCUT2D eigenvalue weighted by atomic mass is 16.5. The summed E-state index contributed by atoms with van der Waals surface area (Å²) in [6, 6.07) is 14.7. The van der Waals surface area contributed by atoms with E-state index in [2.05, 4.69) is 24.8 Å². The van der Waals surface area contributed by atoms with Crippen molar-refractivity contribution in [2.24, 2.45) is 10.7 Å². The van der Waals surface area contributed by atoms with Crippen molar-refractivity contribution in [2.75, 3.05) is 37.8 Å². The molecular formula is C24H26N6O3. The van der Waals surface area contributed by atoms with E-state index < -0.39 is 5.91 Å². The van der Waals surface area contributed by atoms with Crippen LogP contribution in [0.25, 0.3) is 0 Å². The van der Waals surface area contributed by atoms with Gasteiger partial charge in [-0.05, 0) is 29.8 Å². The van der Waals surface area contributed by atoms with Crippen LogP contribution in [0.2, 0.25) is 0 Å². The Morgan fingerprint density at radius 2 is 2.03 bits per heavy atom. The molecule has 170 valence electrons. The lowest BCUT2D eigenvalue weighted by atomic mass is 10.1. The van der Waals surface area contributed by atoms with E-state index in [4.69, 9.17) is 15.2 Å². The first-order valence-electron chi connectivity index (χ1n) is 10.8. The predicted octanol–water partition coefficient (Wildman–Crippen LogP) is 2.05. The summed E-state index contributed by atoms with van der Waals surface area (Å²) in [6.45, 7) is 3.63. The van der Waals surface area contributed by atoms with Crippen molar-refractivity contribution in [3.63, 3.8) is 0 Å². The molecule has 0 aliphatic carbocycles. The van der Waals surface area contributed by atoms with E-state index in [1.165, 1.54) is 0 Å². The first kappa shape index (κ1) is 22.3. The highest BCUT2D eigenvalue weighted by Gasteiger charge is 2.15. The number of pyridine rings is 1. The molecule has 3 heterocycles.